The Morgan fingerprint density at radius 3 is 2.27 bits per heavy atom. The third kappa shape index (κ3) is 5.26. The molecule has 88 valence electrons. The van der Waals surface area contributed by atoms with Crippen LogP contribution in [0, 0.1) is 0 Å². The monoisotopic (exact) mass is 237 g/mol. The van der Waals surface area contributed by atoms with Crippen LogP contribution in [0.5, 0.6) is 0 Å². The number of sulfonamides is 1. The van der Waals surface area contributed by atoms with Crippen molar-refractivity contribution in [2.45, 2.75) is 20.3 Å². The van der Waals surface area contributed by atoms with Crippen molar-refractivity contribution in [3.63, 3.8) is 0 Å². The van der Waals surface area contributed by atoms with Gasteiger partial charge < -0.3 is 9.84 Å². The second-order valence-electron chi connectivity index (χ2n) is 2.78. The van der Waals surface area contributed by atoms with Gasteiger partial charge in [-0.05, 0) is 13.3 Å². The predicted octanol–water partition coefficient (Wildman–Crippen LogP) is 0.278. The average molecular weight is 237 g/mol. The fraction of sp³-hybridized carbons (Fsp3) is 0.625. The Morgan fingerprint density at radius 1 is 1.40 bits per heavy atom. The average Bonchev–Trinajstić information content (AvgIpc) is 2.12. The van der Waals surface area contributed by atoms with Gasteiger partial charge in [-0.15, -0.1) is 0 Å². The van der Waals surface area contributed by atoms with Gasteiger partial charge in [-0.1, -0.05) is 6.92 Å². The second kappa shape index (κ2) is 5.59. The van der Waals surface area contributed by atoms with E-state index in [0.29, 0.717) is 0 Å². The maximum atomic E-state index is 11.1. The summed E-state index contributed by atoms with van der Waals surface area (Å²) in [6.07, 6.45) is 1.11. The molecule has 0 amide bonds. The van der Waals surface area contributed by atoms with Gasteiger partial charge in [0.2, 0.25) is 15.8 Å². The summed E-state index contributed by atoms with van der Waals surface area (Å²) in [5.41, 5.74) is -0.0732. The van der Waals surface area contributed by atoms with E-state index in [4.69, 9.17) is 0 Å². The summed E-state index contributed by atoms with van der Waals surface area (Å²) in [5, 5.41) is 9.35. The van der Waals surface area contributed by atoms with Crippen LogP contribution < -0.4 is 4.72 Å². The molecule has 0 saturated heterocycles. The van der Waals surface area contributed by atoms with Crippen molar-refractivity contribution in [2.24, 2.45) is 0 Å². The first-order valence-corrected chi connectivity index (χ1v) is 6.28. The summed E-state index contributed by atoms with van der Waals surface area (Å²) in [5.74, 6) is -1.64. The number of allylic oxidation sites excluding steroid dienone is 1. The second-order valence-corrected chi connectivity index (χ2v) is 4.52. The zero-order chi connectivity index (χ0) is 12.1. The fourth-order valence-electron chi connectivity index (χ4n) is 0.834. The molecule has 0 bridgehead atoms. The maximum absolute atomic E-state index is 11.1. The number of aliphatic hydroxyl groups is 1. The van der Waals surface area contributed by atoms with E-state index in [1.54, 1.807) is 13.8 Å². The van der Waals surface area contributed by atoms with Crippen molar-refractivity contribution in [3.05, 3.63) is 11.5 Å². The third-order valence-electron chi connectivity index (χ3n) is 1.42. The molecular weight excluding hydrogens is 222 g/mol. The summed E-state index contributed by atoms with van der Waals surface area (Å²) in [6.45, 7) is 3.29. The minimum atomic E-state index is -3.50. The number of hydrogen-bond donors (Lipinski definition) is 2. The molecule has 0 heterocycles. The molecule has 0 rings (SSSR count). The molecule has 0 unspecified atom stereocenters. The van der Waals surface area contributed by atoms with E-state index in [0.717, 1.165) is 6.26 Å². The summed E-state index contributed by atoms with van der Waals surface area (Å²) in [4.78, 5) is 11.1. The maximum Gasteiger partial charge on any atom is 0.375 e. The van der Waals surface area contributed by atoms with Gasteiger partial charge in [0, 0.05) is 0 Å². The predicted molar refractivity (Wildman–Crippen MR) is 54.6 cm³/mol. The SMILES string of the molecule is CCOC(=O)/C(O)=C(\CC)NS(C)(=O)=O. The summed E-state index contributed by atoms with van der Waals surface area (Å²) < 4.78 is 28.3. The molecule has 0 atom stereocenters. The number of rotatable bonds is 5. The third-order valence-corrected chi connectivity index (χ3v) is 2.03. The molecule has 0 aromatic rings. The number of aliphatic hydroxyl groups excluding tert-OH is 1. The first-order chi connectivity index (χ1) is 6.81. The van der Waals surface area contributed by atoms with Crippen LogP contribution >= 0.6 is 0 Å². The molecule has 0 aliphatic heterocycles. The molecule has 0 aliphatic rings. The fourth-order valence-corrected chi connectivity index (χ4v) is 1.52. The van der Waals surface area contributed by atoms with Gasteiger partial charge in [-0.3, -0.25) is 4.72 Å². The van der Waals surface area contributed by atoms with Crippen molar-refractivity contribution >= 4 is 16.0 Å². The van der Waals surface area contributed by atoms with Crippen molar-refractivity contribution in [2.75, 3.05) is 12.9 Å². The molecule has 0 saturated carbocycles. The van der Waals surface area contributed by atoms with E-state index in [1.807, 2.05) is 4.72 Å². The van der Waals surface area contributed by atoms with Gasteiger partial charge in [0.05, 0.1) is 18.6 Å². The van der Waals surface area contributed by atoms with E-state index >= 15 is 0 Å². The molecule has 15 heavy (non-hydrogen) atoms. The normalized spacial score (nSPS) is 13.0. The Morgan fingerprint density at radius 2 is 1.93 bits per heavy atom. The van der Waals surface area contributed by atoms with Crippen LogP contribution in [-0.2, 0) is 19.6 Å². The number of carbonyl (C=O) groups excluding carboxylic acids is 1. The molecule has 0 aliphatic carbocycles. The highest BCUT2D eigenvalue weighted by Gasteiger charge is 2.16. The van der Waals surface area contributed by atoms with Crippen LogP contribution in [-0.4, -0.2) is 32.4 Å². The minimum Gasteiger partial charge on any atom is -0.501 e. The Balaban J connectivity index is 4.90. The number of hydrogen-bond acceptors (Lipinski definition) is 5. The summed E-state index contributed by atoms with van der Waals surface area (Å²) in [6, 6.07) is 0. The van der Waals surface area contributed by atoms with Crippen molar-refractivity contribution in [3.8, 4) is 0 Å². The van der Waals surface area contributed by atoms with Gasteiger partial charge in [0.15, 0.2) is 0 Å². The highest BCUT2D eigenvalue weighted by molar-refractivity contribution is 7.88. The highest BCUT2D eigenvalue weighted by Crippen LogP contribution is 2.06. The number of nitrogens with one attached hydrogen (secondary N) is 1. The van der Waals surface area contributed by atoms with Gasteiger partial charge >= 0.3 is 5.97 Å². The Kier molecular flexibility index (Phi) is 5.13. The van der Waals surface area contributed by atoms with Crippen LogP contribution in [0.3, 0.4) is 0 Å². The molecule has 0 aromatic carbocycles. The molecule has 0 aromatic heterocycles. The van der Waals surface area contributed by atoms with Crippen molar-refractivity contribution in [1.29, 1.82) is 0 Å². The highest BCUT2D eigenvalue weighted by atomic mass is 32.2. The smallest absolute Gasteiger partial charge is 0.375 e. The van der Waals surface area contributed by atoms with E-state index in [2.05, 4.69) is 4.74 Å². The number of esters is 1. The molecule has 6 nitrogen and oxygen atoms in total. The lowest BCUT2D eigenvalue weighted by atomic mass is 10.3. The number of ether oxygens (including phenoxy) is 1. The van der Waals surface area contributed by atoms with Crippen LogP contribution in [0.15, 0.2) is 11.5 Å². The van der Waals surface area contributed by atoms with Gasteiger partial charge in [-0.25, -0.2) is 13.2 Å². The van der Waals surface area contributed by atoms with Crippen molar-refractivity contribution < 1.29 is 23.1 Å². The van der Waals surface area contributed by atoms with Gasteiger partial charge in [0.25, 0.3) is 0 Å². The molecular formula is C8H15NO5S. The van der Waals surface area contributed by atoms with Crippen LogP contribution in [0.1, 0.15) is 20.3 Å². The van der Waals surface area contributed by atoms with Gasteiger partial charge in [0.1, 0.15) is 0 Å². The molecule has 0 fully saturated rings. The lowest BCUT2D eigenvalue weighted by Gasteiger charge is -2.09. The molecule has 2 N–H and O–H groups in total. The van der Waals surface area contributed by atoms with E-state index in [1.165, 1.54) is 0 Å². The lowest BCUT2D eigenvalue weighted by Crippen LogP contribution is -2.24. The van der Waals surface area contributed by atoms with E-state index in [-0.39, 0.29) is 18.7 Å². The number of carbonyl (C=O) groups is 1. The minimum absolute atomic E-state index is 0.0732. The topological polar surface area (TPSA) is 92.7 Å². The largest absolute Gasteiger partial charge is 0.501 e. The van der Waals surface area contributed by atoms with Gasteiger partial charge in [-0.2, -0.15) is 0 Å². The molecule has 0 radical (unpaired) electrons. The lowest BCUT2D eigenvalue weighted by molar-refractivity contribution is -0.141. The summed E-state index contributed by atoms with van der Waals surface area (Å²) in [7, 11) is -3.50. The Labute approximate surface area is 89.0 Å². The van der Waals surface area contributed by atoms with Crippen LogP contribution in [0.4, 0.5) is 0 Å². The van der Waals surface area contributed by atoms with E-state index < -0.39 is 21.8 Å². The quantitative estimate of drug-likeness (QED) is 0.407. The van der Waals surface area contributed by atoms with E-state index in [9.17, 15) is 18.3 Å². The van der Waals surface area contributed by atoms with Crippen LogP contribution in [0.25, 0.3) is 0 Å². The summed E-state index contributed by atoms with van der Waals surface area (Å²) >= 11 is 0. The first-order valence-electron chi connectivity index (χ1n) is 4.38. The Bertz CT molecular complexity index is 357. The first kappa shape index (κ1) is 13.8. The zero-order valence-corrected chi connectivity index (χ0v) is 9.72. The Hall–Kier alpha value is -1.24. The molecule has 0 spiro atoms. The molecule has 7 heteroatoms. The van der Waals surface area contributed by atoms with Crippen molar-refractivity contribution in [1.82, 2.24) is 4.72 Å². The van der Waals surface area contributed by atoms with Crippen LogP contribution in [0.2, 0.25) is 0 Å². The standard InChI is InChI=1S/C8H15NO5S/c1-4-6(9-15(3,12)13)7(10)8(11)14-5-2/h9-10H,4-5H2,1-3H3/b7-6-. The zero-order valence-electron chi connectivity index (χ0n) is 8.90.